The number of piperidine rings is 1. The number of hydrogen-bond donors (Lipinski definition) is 1. The lowest BCUT2D eigenvalue weighted by atomic mass is 10.1. The fraction of sp³-hybridized carbons (Fsp3) is 0.391. The Hall–Kier alpha value is -3.26. The summed E-state index contributed by atoms with van der Waals surface area (Å²) in [6.07, 6.45) is 2.02. The quantitative estimate of drug-likeness (QED) is 0.541. The van der Waals surface area contributed by atoms with E-state index in [0.717, 1.165) is 53.3 Å². The van der Waals surface area contributed by atoms with E-state index in [1.807, 2.05) is 47.9 Å². The summed E-state index contributed by atoms with van der Waals surface area (Å²) in [7, 11) is 3.94. The Labute approximate surface area is 180 Å². The van der Waals surface area contributed by atoms with Crippen molar-refractivity contribution in [3.8, 4) is 11.3 Å². The van der Waals surface area contributed by atoms with Crippen LogP contribution < -0.4 is 5.32 Å². The van der Waals surface area contributed by atoms with E-state index in [-0.39, 0.29) is 0 Å². The largest absolute Gasteiger partial charge is 0.365 e. The molecule has 8 nitrogen and oxygen atoms in total. The van der Waals surface area contributed by atoms with Gasteiger partial charge in [-0.3, -0.25) is 14.3 Å². The highest BCUT2D eigenvalue weighted by Crippen LogP contribution is 2.47. The summed E-state index contributed by atoms with van der Waals surface area (Å²) in [5.74, 6) is 2.25. The maximum Gasteiger partial charge on any atom is 0.148 e. The number of fused-ring (bicyclic) bond motifs is 2. The fourth-order valence-corrected chi connectivity index (χ4v) is 4.94. The number of benzene rings is 1. The summed E-state index contributed by atoms with van der Waals surface area (Å²) in [5, 5.41) is 22.6. The van der Waals surface area contributed by atoms with Gasteiger partial charge in [0, 0.05) is 62.6 Å². The highest BCUT2D eigenvalue weighted by atomic mass is 15.3. The first-order valence-corrected chi connectivity index (χ1v) is 10.8. The van der Waals surface area contributed by atoms with E-state index in [2.05, 4.69) is 55.7 Å². The monoisotopic (exact) mass is 414 g/mol. The molecule has 4 aromatic rings. The third kappa shape index (κ3) is 3.37. The third-order valence-corrected chi connectivity index (χ3v) is 6.71. The number of anilines is 1. The molecule has 1 aromatic carbocycles. The minimum absolute atomic E-state index is 0.508. The number of aryl methyl sites for hydroxylation is 3. The van der Waals surface area contributed by atoms with Crippen LogP contribution in [0.25, 0.3) is 22.2 Å². The zero-order chi connectivity index (χ0) is 21.1. The highest BCUT2D eigenvalue weighted by molar-refractivity contribution is 5.83. The number of nitrogens with zero attached hydrogens (tertiary/aromatic N) is 7. The van der Waals surface area contributed by atoms with Crippen LogP contribution in [0.1, 0.15) is 11.4 Å². The van der Waals surface area contributed by atoms with Gasteiger partial charge >= 0.3 is 0 Å². The number of nitrogens with one attached hydrogen (secondary N) is 1. The second kappa shape index (κ2) is 6.88. The van der Waals surface area contributed by atoms with Gasteiger partial charge in [0.15, 0.2) is 0 Å². The van der Waals surface area contributed by atoms with Crippen LogP contribution in [0.4, 0.5) is 5.82 Å². The molecule has 2 fully saturated rings. The molecular formula is C23H26N8. The lowest BCUT2D eigenvalue weighted by Gasteiger charge is -2.18. The second-order valence-electron chi connectivity index (χ2n) is 8.97. The summed E-state index contributed by atoms with van der Waals surface area (Å²) in [5.41, 5.74) is 5.30. The van der Waals surface area contributed by atoms with E-state index >= 15 is 0 Å². The Morgan fingerprint density at radius 2 is 1.84 bits per heavy atom. The van der Waals surface area contributed by atoms with Gasteiger partial charge in [0.05, 0.1) is 16.9 Å². The van der Waals surface area contributed by atoms with Crippen molar-refractivity contribution in [2.45, 2.75) is 19.5 Å². The van der Waals surface area contributed by atoms with Gasteiger partial charge in [0.2, 0.25) is 0 Å². The Bertz CT molecular complexity index is 1220. The van der Waals surface area contributed by atoms with Gasteiger partial charge in [-0.05, 0) is 49.1 Å². The molecule has 1 N–H and O–H groups in total. The molecule has 0 radical (unpaired) electrons. The average Bonchev–Trinajstić information content (AvgIpc) is 3.10. The number of aromatic nitrogens is 6. The highest BCUT2D eigenvalue weighted by Gasteiger charge is 2.55. The van der Waals surface area contributed by atoms with Gasteiger partial charge in [-0.15, -0.1) is 10.2 Å². The van der Waals surface area contributed by atoms with Crippen molar-refractivity contribution < 1.29 is 0 Å². The Morgan fingerprint density at radius 1 is 1.00 bits per heavy atom. The van der Waals surface area contributed by atoms with Crippen molar-refractivity contribution >= 4 is 16.7 Å². The lowest BCUT2D eigenvalue weighted by Crippen LogP contribution is -2.28. The molecule has 0 unspecified atom stereocenters. The normalized spacial score (nSPS) is 22.7. The van der Waals surface area contributed by atoms with E-state index in [0.29, 0.717) is 17.9 Å². The maximum atomic E-state index is 4.59. The van der Waals surface area contributed by atoms with Crippen LogP contribution in [0.3, 0.4) is 0 Å². The van der Waals surface area contributed by atoms with Crippen LogP contribution >= 0.6 is 0 Å². The third-order valence-electron chi connectivity index (χ3n) is 6.71. The van der Waals surface area contributed by atoms with E-state index in [1.165, 1.54) is 5.69 Å². The predicted molar refractivity (Wildman–Crippen MR) is 119 cm³/mol. The Morgan fingerprint density at radius 3 is 2.55 bits per heavy atom. The Kier molecular flexibility index (Phi) is 4.11. The number of likely N-dealkylation sites (tertiary alicyclic amines) is 1. The van der Waals surface area contributed by atoms with E-state index in [1.54, 1.807) is 0 Å². The average molecular weight is 415 g/mol. The standard InChI is InChI=1S/C23H26N8/c1-14-8-17(27-30(14)3)11-31-12-18-19(13-31)23(18)24-22-7-6-20(25-26-22)15-4-5-21-16(9-15)10-29(2)28-21/h4-10,18-19,23H,11-13H2,1-3H3,(H,24,26)/t18-,19+,23+. The molecule has 0 bridgehead atoms. The first kappa shape index (κ1) is 18.5. The summed E-state index contributed by atoms with van der Waals surface area (Å²) in [6.45, 7) is 5.28. The molecule has 3 atom stereocenters. The van der Waals surface area contributed by atoms with Gasteiger partial charge in [-0.25, -0.2) is 0 Å². The summed E-state index contributed by atoms with van der Waals surface area (Å²) < 4.78 is 3.78. The van der Waals surface area contributed by atoms with Gasteiger partial charge in [-0.2, -0.15) is 10.2 Å². The SMILES string of the molecule is Cc1cc(CN2C[C@@H]3[C@H](C2)[C@H]3Nc2ccc(-c3ccc4nn(C)cc4c3)nn2)nn1C. The summed E-state index contributed by atoms with van der Waals surface area (Å²) in [6, 6.07) is 13.0. The van der Waals surface area contributed by atoms with Crippen molar-refractivity contribution in [1.82, 2.24) is 34.7 Å². The van der Waals surface area contributed by atoms with Crippen molar-refractivity contribution in [1.29, 1.82) is 0 Å². The van der Waals surface area contributed by atoms with Crippen molar-refractivity contribution in [2.75, 3.05) is 18.4 Å². The molecule has 1 saturated carbocycles. The van der Waals surface area contributed by atoms with Crippen LogP contribution in [0.5, 0.6) is 0 Å². The molecule has 4 heterocycles. The van der Waals surface area contributed by atoms with Crippen molar-refractivity contribution in [2.24, 2.45) is 25.9 Å². The summed E-state index contributed by atoms with van der Waals surface area (Å²) >= 11 is 0. The second-order valence-corrected chi connectivity index (χ2v) is 8.97. The molecule has 2 aliphatic rings. The zero-order valence-electron chi connectivity index (χ0n) is 18.0. The molecule has 8 heteroatoms. The summed E-state index contributed by atoms with van der Waals surface area (Å²) in [4.78, 5) is 2.51. The molecule has 0 spiro atoms. The van der Waals surface area contributed by atoms with Crippen LogP contribution in [-0.4, -0.2) is 53.8 Å². The molecular weight excluding hydrogens is 388 g/mol. The first-order valence-electron chi connectivity index (χ1n) is 10.8. The van der Waals surface area contributed by atoms with Crippen LogP contribution in [-0.2, 0) is 20.6 Å². The number of rotatable bonds is 5. The Balaban J connectivity index is 1.07. The van der Waals surface area contributed by atoms with Gasteiger partial charge < -0.3 is 5.32 Å². The van der Waals surface area contributed by atoms with Crippen LogP contribution in [0.15, 0.2) is 42.6 Å². The van der Waals surface area contributed by atoms with E-state index in [9.17, 15) is 0 Å². The van der Waals surface area contributed by atoms with E-state index < -0.39 is 0 Å². The topological polar surface area (TPSA) is 76.7 Å². The predicted octanol–water partition coefficient (Wildman–Crippen LogP) is 2.61. The molecule has 1 saturated heterocycles. The number of hydrogen-bond acceptors (Lipinski definition) is 6. The van der Waals surface area contributed by atoms with Crippen molar-refractivity contribution in [3.05, 3.63) is 54.0 Å². The van der Waals surface area contributed by atoms with Crippen LogP contribution in [0, 0.1) is 18.8 Å². The lowest BCUT2D eigenvalue weighted by molar-refractivity contribution is 0.288. The molecule has 0 amide bonds. The fourth-order valence-electron chi connectivity index (χ4n) is 4.94. The molecule has 6 rings (SSSR count). The smallest absolute Gasteiger partial charge is 0.148 e. The van der Waals surface area contributed by atoms with Gasteiger partial charge in [0.25, 0.3) is 0 Å². The van der Waals surface area contributed by atoms with Crippen LogP contribution in [0.2, 0.25) is 0 Å². The van der Waals surface area contributed by atoms with Gasteiger partial charge in [0.1, 0.15) is 5.82 Å². The molecule has 1 aliphatic heterocycles. The van der Waals surface area contributed by atoms with Crippen molar-refractivity contribution in [3.63, 3.8) is 0 Å². The molecule has 3 aromatic heterocycles. The first-order chi connectivity index (χ1) is 15.0. The maximum absolute atomic E-state index is 4.59. The zero-order valence-corrected chi connectivity index (χ0v) is 18.0. The minimum atomic E-state index is 0.508. The minimum Gasteiger partial charge on any atom is -0.365 e. The molecule has 1 aliphatic carbocycles. The molecule has 31 heavy (non-hydrogen) atoms. The van der Waals surface area contributed by atoms with E-state index in [4.69, 9.17) is 0 Å². The molecule has 158 valence electrons. The van der Waals surface area contributed by atoms with Gasteiger partial charge in [-0.1, -0.05) is 6.07 Å².